The zero-order valence-corrected chi connectivity index (χ0v) is 19.1. The van der Waals surface area contributed by atoms with Crippen LogP contribution in [-0.4, -0.2) is 54.1 Å². The van der Waals surface area contributed by atoms with Crippen molar-refractivity contribution in [2.45, 2.75) is 13.8 Å². The molecular formula is C24H25ClN4O3. The highest BCUT2D eigenvalue weighted by Gasteiger charge is 2.25. The SMILES string of the molecule is COc1ccc(Cl)cc1C(=O)N1CCN(c2cc(Oc3ccc(C)cc3)nc(C)n2)CC1. The molecule has 0 atom stereocenters. The van der Waals surface area contributed by atoms with Gasteiger partial charge in [-0.15, -0.1) is 0 Å². The van der Waals surface area contributed by atoms with Crippen molar-refractivity contribution in [3.8, 4) is 17.4 Å². The summed E-state index contributed by atoms with van der Waals surface area (Å²) in [5.74, 6) is 3.07. The van der Waals surface area contributed by atoms with E-state index in [9.17, 15) is 4.79 Å². The normalized spacial score (nSPS) is 13.8. The standard InChI is InChI=1S/C24H25ClN4O3/c1-16-4-7-19(8-5-16)32-23-15-22(26-17(2)27-23)28-10-12-29(13-11-28)24(30)20-14-18(25)6-9-21(20)31-3/h4-9,14-15H,10-13H2,1-3H3. The zero-order chi connectivity index (χ0) is 22.7. The summed E-state index contributed by atoms with van der Waals surface area (Å²) in [7, 11) is 1.55. The lowest BCUT2D eigenvalue weighted by Gasteiger charge is -2.35. The Balaban J connectivity index is 1.45. The van der Waals surface area contributed by atoms with E-state index in [2.05, 4.69) is 14.9 Å². The molecule has 3 aromatic rings. The number of ether oxygens (including phenoxy) is 2. The van der Waals surface area contributed by atoms with Gasteiger partial charge in [0.1, 0.15) is 23.1 Å². The molecule has 32 heavy (non-hydrogen) atoms. The fraction of sp³-hybridized carbons (Fsp3) is 0.292. The highest BCUT2D eigenvalue weighted by molar-refractivity contribution is 6.31. The molecule has 8 heteroatoms. The third-order valence-electron chi connectivity index (χ3n) is 5.33. The molecule has 1 saturated heterocycles. The minimum Gasteiger partial charge on any atom is -0.496 e. The third kappa shape index (κ3) is 4.94. The Labute approximate surface area is 192 Å². The van der Waals surface area contributed by atoms with E-state index in [-0.39, 0.29) is 5.91 Å². The fourth-order valence-corrected chi connectivity index (χ4v) is 3.80. The van der Waals surface area contributed by atoms with Crippen molar-refractivity contribution in [2.75, 3.05) is 38.2 Å². The summed E-state index contributed by atoms with van der Waals surface area (Å²) in [6.45, 7) is 6.29. The Morgan fingerprint density at radius 1 is 0.969 bits per heavy atom. The van der Waals surface area contributed by atoms with Crippen molar-refractivity contribution in [1.29, 1.82) is 0 Å². The van der Waals surface area contributed by atoms with Crippen LogP contribution >= 0.6 is 11.6 Å². The molecule has 0 N–H and O–H groups in total. The number of hydrogen-bond donors (Lipinski definition) is 0. The maximum atomic E-state index is 13.0. The zero-order valence-electron chi connectivity index (χ0n) is 18.3. The first-order valence-corrected chi connectivity index (χ1v) is 10.8. The minimum absolute atomic E-state index is 0.0914. The van der Waals surface area contributed by atoms with Crippen molar-refractivity contribution in [3.05, 3.63) is 70.5 Å². The van der Waals surface area contributed by atoms with Crippen molar-refractivity contribution >= 4 is 23.3 Å². The lowest BCUT2D eigenvalue weighted by atomic mass is 10.1. The molecule has 0 bridgehead atoms. The molecule has 0 spiro atoms. The Morgan fingerprint density at radius 2 is 1.69 bits per heavy atom. The van der Waals surface area contributed by atoms with Gasteiger partial charge in [0.25, 0.3) is 5.91 Å². The number of methoxy groups -OCH3 is 1. The molecule has 0 saturated carbocycles. The Kier molecular flexibility index (Phi) is 6.46. The van der Waals surface area contributed by atoms with Gasteiger partial charge in [0.2, 0.25) is 5.88 Å². The van der Waals surface area contributed by atoms with Crippen LogP contribution in [0, 0.1) is 13.8 Å². The lowest BCUT2D eigenvalue weighted by molar-refractivity contribution is 0.0743. The second kappa shape index (κ2) is 9.44. The van der Waals surface area contributed by atoms with Crippen LogP contribution < -0.4 is 14.4 Å². The van der Waals surface area contributed by atoms with Crippen LogP contribution in [0.3, 0.4) is 0 Å². The van der Waals surface area contributed by atoms with Crippen LogP contribution in [0.15, 0.2) is 48.5 Å². The third-order valence-corrected chi connectivity index (χ3v) is 5.56. The summed E-state index contributed by atoms with van der Waals surface area (Å²) in [4.78, 5) is 26.0. The summed E-state index contributed by atoms with van der Waals surface area (Å²) >= 11 is 6.09. The number of nitrogens with zero attached hydrogens (tertiary/aromatic N) is 4. The topological polar surface area (TPSA) is 67.8 Å². The highest BCUT2D eigenvalue weighted by atomic mass is 35.5. The van der Waals surface area contributed by atoms with Gasteiger partial charge in [-0.05, 0) is 44.2 Å². The van der Waals surface area contributed by atoms with Gasteiger partial charge in [0.15, 0.2) is 0 Å². The maximum Gasteiger partial charge on any atom is 0.257 e. The van der Waals surface area contributed by atoms with E-state index in [1.807, 2.05) is 49.1 Å². The van der Waals surface area contributed by atoms with E-state index in [4.69, 9.17) is 21.1 Å². The lowest BCUT2D eigenvalue weighted by Crippen LogP contribution is -2.49. The summed E-state index contributed by atoms with van der Waals surface area (Å²) in [6.07, 6.45) is 0. The average molecular weight is 453 g/mol. The molecule has 1 aromatic heterocycles. The van der Waals surface area contributed by atoms with Gasteiger partial charge >= 0.3 is 0 Å². The van der Waals surface area contributed by atoms with Crippen LogP contribution in [0.1, 0.15) is 21.7 Å². The van der Waals surface area contributed by atoms with E-state index >= 15 is 0 Å². The van der Waals surface area contributed by atoms with Crippen molar-refractivity contribution in [3.63, 3.8) is 0 Å². The molecular weight excluding hydrogens is 428 g/mol. The van der Waals surface area contributed by atoms with Gasteiger partial charge in [-0.2, -0.15) is 4.98 Å². The Hall–Kier alpha value is -3.32. The number of hydrogen-bond acceptors (Lipinski definition) is 6. The monoisotopic (exact) mass is 452 g/mol. The molecule has 0 aliphatic carbocycles. The van der Waals surface area contributed by atoms with E-state index < -0.39 is 0 Å². The molecule has 7 nitrogen and oxygen atoms in total. The van der Waals surface area contributed by atoms with Crippen molar-refractivity contribution < 1.29 is 14.3 Å². The first-order valence-electron chi connectivity index (χ1n) is 10.4. The second-order valence-corrected chi connectivity index (χ2v) is 8.09. The fourth-order valence-electron chi connectivity index (χ4n) is 3.62. The van der Waals surface area contributed by atoms with Crippen LogP contribution in [0.25, 0.3) is 0 Å². The first-order chi connectivity index (χ1) is 15.4. The predicted octanol–water partition coefficient (Wildman–Crippen LogP) is 4.51. The quantitative estimate of drug-likeness (QED) is 0.567. The van der Waals surface area contributed by atoms with E-state index in [1.165, 1.54) is 5.56 Å². The summed E-state index contributed by atoms with van der Waals surface area (Å²) in [5, 5.41) is 0.505. The number of amides is 1. The van der Waals surface area contributed by atoms with Crippen LogP contribution in [0.4, 0.5) is 5.82 Å². The first kappa shape index (κ1) is 21.9. The number of aromatic nitrogens is 2. The average Bonchev–Trinajstić information content (AvgIpc) is 2.80. The van der Waals surface area contributed by atoms with E-state index in [1.54, 1.807) is 25.3 Å². The number of carbonyl (C=O) groups excluding carboxylic acids is 1. The Morgan fingerprint density at radius 3 is 2.38 bits per heavy atom. The number of piperazine rings is 1. The molecule has 166 valence electrons. The molecule has 0 unspecified atom stereocenters. The van der Waals surface area contributed by atoms with Gasteiger partial charge in [-0.1, -0.05) is 29.3 Å². The van der Waals surface area contributed by atoms with Crippen LogP contribution in [-0.2, 0) is 0 Å². The maximum absolute atomic E-state index is 13.0. The summed E-state index contributed by atoms with van der Waals surface area (Å²) in [6, 6.07) is 14.7. The van der Waals surface area contributed by atoms with E-state index in [0.29, 0.717) is 54.2 Å². The van der Waals surface area contributed by atoms with Crippen LogP contribution in [0.5, 0.6) is 17.4 Å². The van der Waals surface area contributed by atoms with Gasteiger partial charge in [0.05, 0.1) is 12.7 Å². The molecule has 0 radical (unpaired) electrons. The van der Waals surface area contributed by atoms with Gasteiger partial charge < -0.3 is 19.3 Å². The number of anilines is 1. The van der Waals surface area contributed by atoms with Crippen molar-refractivity contribution in [2.24, 2.45) is 0 Å². The number of benzene rings is 2. The second-order valence-electron chi connectivity index (χ2n) is 7.65. The molecule has 2 heterocycles. The molecule has 1 amide bonds. The highest BCUT2D eigenvalue weighted by Crippen LogP contribution is 2.27. The molecule has 1 fully saturated rings. The molecule has 2 aromatic carbocycles. The number of carbonyl (C=O) groups is 1. The minimum atomic E-state index is -0.0914. The number of rotatable bonds is 5. The smallest absolute Gasteiger partial charge is 0.257 e. The predicted molar refractivity (Wildman–Crippen MR) is 124 cm³/mol. The molecule has 1 aliphatic rings. The number of aryl methyl sites for hydroxylation is 2. The van der Waals surface area contributed by atoms with Crippen molar-refractivity contribution in [1.82, 2.24) is 14.9 Å². The van der Waals surface area contributed by atoms with Crippen LogP contribution in [0.2, 0.25) is 5.02 Å². The molecule has 4 rings (SSSR count). The van der Waals surface area contributed by atoms with Gasteiger partial charge in [0, 0.05) is 37.3 Å². The van der Waals surface area contributed by atoms with E-state index in [0.717, 1.165) is 11.6 Å². The number of halogens is 1. The van der Waals surface area contributed by atoms with Gasteiger partial charge in [-0.25, -0.2) is 4.98 Å². The summed E-state index contributed by atoms with van der Waals surface area (Å²) in [5.41, 5.74) is 1.64. The summed E-state index contributed by atoms with van der Waals surface area (Å²) < 4.78 is 11.3. The Bertz CT molecular complexity index is 1110. The molecule has 1 aliphatic heterocycles. The van der Waals surface area contributed by atoms with Gasteiger partial charge in [-0.3, -0.25) is 4.79 Å². The largest absolute Gasteiger partial charge is 0.496 e.